The Morgan fingerprint density at radius 2 is 2.05 bits per heavy atom. The fraction of sp³-hybridized carbons (Fsp3) is 0.588. The van der Waals surface area contributed by atoms with Gasteiger partial charge in [-0.05, 0) is 62.3 Å². The molecule has 0 aliphatic heterocycles. The van der Waals surface area contributed by atoms with Gasteiger partial charge in [0, 0.05) is 12.6 Å². The van der Waals surface area contributed by atoms with E-state index in [4.69, 9.17) is 10.5 Å². The van der Waals surface area contributed by atoms with Crippen molar-refractivity contribution in [3.05, 3.63) is 28.8 Å². The summed E-state index contributed by atoms with van der Waals surface area (Å²) < 4.78 is 5.77. The molecule has 0 bridgehead atoms. The van der Waals surface area contributed by atoms with Crippen molar-refractivity contribution in [2.24, 2.45) is 11.7 Å². The number of benzene rings is 1. The lowest BCUT2D eigenvalue weighted by molar-refractivity contribution is -0.122. The van der Waals surface area contributed by atoms with Crippen LogP contribution in [0.1, 0.15) is 36.0 Å². The first kappa shape index (κ1) is 18.8. The van der Waals surface area contributed by atoms with E-state index < -0.39 is 0 Å². The average Bonchev–Trinajstić information content (AvgIpc) is 3.25. The zero-order valence-electron chi connectivity index (χ0n) is 13.6. The molecule has 0 aromatic heterocycles. The quantitative estimate of drug-likeness (QED) is 0.809. The van der Waals surface area contributed by atoms with Gasteiger partial charge in [0.2, 0.25) is 5.91 Å². The number of nitrogens with two attached hydrogens (primary N) is 1. The van der Waals surface area contributed by atoms with E-state index in [9.17, 15) is 4.79 Å². The Kier molecular flexibility index (Phi) is 7.17. The van der Waals surface area contributed by atoms with Crippen LogP contribution in [0.5, 0.6) is 5.75 Å². The average molecular weight is 327 g/mol. The molecule has 0 spiro atoms. The lowest BCUT2D eigenvalue weighted by atomic mass is 10.1. The first-order chi connectivity index (χ1) is 10.0. The van der Waals surface area contributed by atoms with Crippen LogP contribution >= 0.6 is 12.4 Å². The molecule has 1 aromatic carbocycles. The molecule has 1 aromatic rings. The van der Waals surface area contributed by atoms with Crippen molar-refractivity contribution in [3.63, 3.8) is 0 Å². The maximum Gasteiger partial charge on any atom is 0.223 e. The van der Waals surface area contributed by atoms with Gasteiger partial charge in [-0.25, -0.2) is 0 Å². The molecule has 1 aliphatic rings. The number of hydrogen-bond acceptors (Lipinski definition) is 3. The van der Waals surface area contributed by atoms with Crippen LogP contribution in [0.4, 0.5) is 0 Å². The summed E-state index contributed by atoms with van der Waals surface area (Å²) in [6.45, 7) is 7.09. The minimum Gasteiger partial charge on any atom is -0.493 e. The van der Waals surface area contributed by atoms with Crippen molar-refractivity contribution in [1.82, 2.24) is 5.32 Å². The van der Waals surface area contributed by atoms with Crippen LogP contribution in [0.15, 0.2) is 12.1 Å². The maximum absolute atomic E-state index is 11.9. The molecule has 0 saturated heterocycles. The first-order valence-electron chi connectivity index (χ1n) is 7.71. The summed E-state index contributed by atoms with van der Waals surface area (Å²) in [5.41, 5.74) is 9.22. The van der Waals surface area contributed by atoms with E-state index in [2.05, 4.69) is 18.3 Å². The number of nitrogens with one attached hydrogen (secondary N) is 1. The lowest BCUT2D eigenvalue weighted by Gasteiger charge is -2.16. The summed E-state index contributed by atoms with van der Waals surface area (Å²) in [4.78, 5) is 11.9. The second kappa shape index (κ2) is 8.39. The maximum atomic E-state index is 11.9. The molecule has 124 valence electrons. The minimum absolute atomic E-state index is 0. The second-order valence-corrected chi connectivity index (χ2v) is 6.05. The molecule has 0 radical (unpaired) electrons. The highest BCUT2D eigenvalue weighted by Gasteiger charge is 2.31. The molecule has 1 saturated carbocycles. The zero-order chi connectivity index (χ0) is 15.4. The van der Waals surface area contributed by atoms with Gasteiger partial charge in [0.05, 0.1) is 13.0 Å². The van der Waals surface area contributed by atoms with Crippen LogP contribution in [-0.4, -0.2) is 25.1 Å². The van der Waals surface area contributed by atoms with Crippen molar-refractivity contribution in [1.29, 1.82) is 0 Å². The number of ether oxygens (including phenoxy) is 1. The van der Waals surface area contributed by atoms with E-state index in [1.54, 1.807) is 0 Å². The molecule has 0 heterocycles. The van der Waals surface area contributed by atoms with Crippen LogP contribution in [0.2, 0.25) is 0 Å². The Bertz CT molecular complexity index is 516. The molecule has 2 rings (SSSR count). The monoisotopic (exact) mass is 326 g/mol. The van der Waals surface area contributed by atoms with Crippen LogP contribution < -0.4 is 15.8 Å². The second-order valence-electron chi connectivity index (χ2n) is 6.05. The number of carbonyl (C=O) groups is 1. The van der Waals surface area contributed by atoms with Crippen LogP contribution in [0, 0.1) is 26.7 Å². The third-order valence-electron chi connectivity index (χ3n) is 4.14. The van der Waals surface area contributed by atoms with E-state index in [1.165, 1.54) is 24.0 Å². The van der Waals surface area contributed by atoms with Crippen LogP contribution in [0.25, 0.3) is 0 Å². The summed E-state index contributed by atoms with van der Waals surface area (Å²) in [6.07, 6.45) is 2.73. The Morgan fingerprint density at radius 1 is 1.36 bits per heavy atom. The van der Waals surface area contributed by atoms with Gasteiger partial charge in [0.1, 0.15) is 5.75 Å². The summed E-state index contributed by atoms with van der Waals surface area (Å²) in [5.74, 6) is 1.48. The zero-order valence-corrected chi connectivity index (χ0v) is 14.5. The van der Waals surface area contributed by atoms with Gasteiger partial charge in [-0.15, -0.1) is 12.4 Å². The van der Waals surface area contributed by atoms with E-state index >= 15 is 0 Å². The number of halogens is 1. The molecular formula is C17H27ClN2O2. The van der Waals surface area contributed by atoms with E-state index in [-0.39, 0.29) is 24.4 Å². The highest BCUT2D eigenvalue weighted by molar-refractivity contribution is 5.85. The summed E-state index contributed by atoms with van der Waals surface area (Å²) in [7, 11) is 0. The molecule has 3 N–H and O–H groups in total. The van der Waals surface area contributed by atoms with Gasteiger partial charge in [-0.3, -0.25) is 4.79 Å². The molecule has 1 unspecified atom stereocenters. The van der Waals surface area contributed by atoms with Gasteiger partial charge in [0.15, 0.2) is 0 Å². The Hall–Kier alpha value is -1.26. The van der Waals surface area contributed by atoms with Gasteiger partial charge >= 0.3 is 0 Å². The summed E-state index contributed by atoms with van der Waals surface area (Å²) in [6, 6.07) is 4.30. The summed E-state index contributed by atoms with van der Waals surface area (Å²) in [5, 5.41) is 3.01. The van der Waals surface area contributed by atoms with Gasteiger partial charge < -0.3 is 15.8 Å². The summed E-state index contributed by atoms with van der Waals surface area (Å²) >= 11 is 0. The normalized spacial score (nSPS) is 14.9. The molecular weight excluding hydrogens is 300 g/mol. The van der Waals surface area contributed by atoms with Crippen molar-refractivity contribution >= 4 is 18.3 Å². The number of carbonyl (C=O) groups excluding carboxylic acids is 1. The number of rotatable bonds is 7. The topological polar surface area (TPSA) is 64.3 Å². The van der Waals surface area contributed by atoms with Gasteiger partial charge in [-0.1, -0.05) is 6.07 Å². The smallest absolute Gasteiger partial charge is 0.223 e. The van der Waals surface area contributed by atoms with E-state index in [1.807, 2.05) is 19.9 Å². The minimum atomic E-state index is 0. The fourth-order valence-electron chi connectivity index (χ4n) is 2.55. The SMILES string of the molecule is Cc1cc(C)c(C)c(OCCC(=O)NC(CN)C2CC2)c1.Cl. The first-order valence-corrected chi connectivity index (χ1v) is 7.71. The predicted molar refractivity (Wildman–Crippen MR) is 91.7 cm³/mol. The third kappa shape index (κ3) is 5.18. The van der Waals surface area contributed by atoms with Crippen molar-refractivity contribution in [2.45, 2.75) is 46.1 Å². The molecule has 1 amide bonds. The molecule has 1 aliphatic carbocycles. The molecule has 5 heteroatoms. The molecule has 1 atom stereocenters. The Morgan fingerprint density at radius 3 is 2.64 bits per heavy atom. The van der Waals surface area contributed by atoms with Crippen molar-refractivity contribution in [2.75, 3.05) is 13.2 Å². The van der Waals surface area contributed by atoms with Gasteiger partial charge in [-0.2, -0.15) is 0 Å². The van der Waals surface area contributed by atoms with Crippen molar-refractivity contribution in [3.8, 4) is 5.75 Å². The highest BCUT2D eigenvalue weighted by Crippen LogP contribution is 2.32. The Balaban J connectivity index is 0.00000242. The number of hydrogen-bond donors (Lipinski definition) is 2. The standard InChI is InChI=1S/C17H26N2O2.ClH/c1-11-8-12(2)13(3)16(9-11)21-7-6-17(20)19-15(10-18)14-4-5-14;/h8-9,14-15H,4-7,10,18H2,1-3H3,(H,19,20);1H. The fourth-order valence-corrected chi connectivity index (χ4v) is 2.55. The Labute approximate surface area is 139 Å². The number of aryl methyl sites for hydroxylation is 2. The molecule has 1 fully saturated rings. The van der Waals surface area contributed by atoms with Gasteiger partial charge in [0.25, 0.3) is 0 Å². The predicted octanol–water partition coefficient (Wildman–Crippen LogP) is 2.66. The largest absolute Gasteiger partial charge is 0.493 e. The third-order valence-corrected chi connectivity index (χ3v) is 4.14. The van der Waals surface area contributed by atoms with Crippen LogP contribution in [0.3, 0.4) is 0 Å². The highest BCUT2D eigenvalue weighted by atomic mass is 35.5. The number of amides is 1. The van der Waals surface area contributed by atoms with E-state index in [0.29, 0.717) is 25.5 Å². The molecule has 22 heavy (non-hydrogen) atoms. The molecule has 4 nitrogen and oxygen atoms in total. The van der Waals surface area contributed by atoms with E-state index in [0.717, 1.165) is 11.3 Å². The van der Waals surface area contributed by atoms with Crippen LogP contribution in [-0.2, 0) is 4.79 Å². The van der Waals surface area contributed by atoms with Crippen molar-refractivity contribution < 1.29 is 9.53 Å². The lowest BCUT2D eigenvalue weighted by Crippen LogP contribution is -2.42.